The van der Waals surface area contributed by atoms with Crippen LogP contribution >= 0.6 is 0 Å². The van der Waals surface area contributed by atoms with Gasteiger partial charge in [0.25, 0.3) is 0 Å². The highest BCUT2D eigenvalue weighted by Gasteiger charge is 1.88. The van der Waals surface area contributed by atoms with Crippen molar-refractivity contribution in [2.75, 3.05) is 0 Å². The van der Waals surface area contributed by atoms with Crippen LogP contribution in [0.4, 0.5) is 0 Å². The summed E-state index contributed by atoms with van der Waals surface area (Å²) in [5.41, 5.74) is 0. The predicted molar refractivity (Wildman–Crippen MR) is 22.2 cm³/mol. The Labute approximate surface area is 41.1 Å². The molecule has 0 bridgehead atoms. The standard InChI is InChI=1S/C3H4N4/c1-3-4-5-6-7(3)2/h1H,2H3. The average Bonchev–Trinajstić information content (AvgIpc) is 1.91. The van der Waals surface area contributed by atoms with E-state index in [1.54, 1.807) is 7.05 Å². The van der Waals surface area contributed by atoms with Crippen molar-refractivity contribution in [3.63, 3.8) is 0 Å². The second-order valence-electron chi connectivity index (χ2n) is 1.16. The Kier molecular flexibility index (Phi) is 0.780. The summed E-state index contributed by atoms with van der Waals surface area (Å²) in [7, 11) is 1.68. The summed E-state index contributed by atoms with van der Waals surface area (Å²) in [6.45, 7) is 5.17. The van der Waals surface area contributed by atoms with Gasteiger partial charge < -0.3 is 0 Å². The van der Waals surface area contributed by atoms with Gasteiger partial charge in [0.2, 0.25) is 0 Å². The second kappa shape index (κ2) is 1.29. The molecular formula is C3H4N4. The van der Waals surface area contributed by atoms with Gasteiger partial charge in [0.1, 0.15) is 0 Å². The van der Waals surface area contributed by atoms with E-state index in [2.05, 4.69) is 15.5 Å². The third-order valence-corrected chi connectivity index (χ3v) is 0.653. The van der Waals surface area contributed by atoms with Gasteiger partial charge in [0.05, 0.1) is 0 Å². The minimum atomic E-state index is 0.333. The highest BCUT2D eigenvalue weighted by molar-refractivity contribution is 4.81. The largest absolute Gasteiger partial charge is 0.232 e. The van der Waals surface area contributed by atoms with Gasteiger partial charge in [-0.2, -0.15) is 0 Å². The van der Waals surface area contributed by atoms with E-state index < -0.39 is 0 Å². The van der Waals surface area contributed by atoms with Crippen LogP contribution in [0.25, 0.3) is 0 Å². The van der Waals surface area contributed by atoms with Crippen molar-refractivity contribution in [1.82, 2.24) is 20.2 Å². The fourth-order valence-electron chi connectivity index (χ4n) is 0.236. The summed E-state index contributed by atoms with van der Waals surface area (Å²) in [4.78, 5) is 0. The Morgan fingerprint density at radius 3 is 2.57 bits per heavy atom. The minimum absolute atomic E-state index is 0.333. The molecule has 0 saturated heterocycles. The molecule has 0 unspecified atom stereocenters. The molecule has 0 fully saturated rings. The van der Waals surface area contributed by atoms with Gasteiger partial charge in [-0.3, -0.25) is 0 Å². The number of rotatable bonds is 0. The SMILES string of the molecule is [CH]c1nnnn1C. The van der Waals surface area contributed by atoms with Gasteiger partial charge in [0.15, 0.2) is 5.82 Å². The number of aryl methyl sites for hydroxylation is 1. The second-order valence-corrected chi connectivity index (χ2v) is 1.16. The molecule has 0 saturated carbocycles. The lowest BCUT2D eigenvalue weighted by Crippen LogP contribution is -1.92. The number of nitrogens with zero attached hydrogens (tertiary/aromatic N) is 4. The van der Waals surface area contributed by atoms with Crippen LogP contribution in [0.3, 0.4) is 0 Å². The lowest BCUT2D eigenvalue weighted by atomic mass is 10.7. The fraction of sp³-hybridized carbons (Fsp3) is 0.333. The first-order valence-electron chi connectivity index (χ1n) is 1.78. The van der Waals surface area contributed by atoms with Crippen molar-refractivity contribution in [3.8, 4) is 0 Å². The van der Waals surface area contributed by atoms with E-state index >= 15 is 0 Å². The van der Waals surface area contributed by atoms with Crippen LogP contribution in [0, 0.1) is 6.92 Å². The van der Waals surface area contributed by atoms with Crippen LogP contribution in [0.5, 0.6) is 0 Å². The van der Waals surface area contributed by atoms with Gasteiger partial charge in [-0.25, -0.2) is 4.68 Å². The maximum absolute atomic E-state index is 5.17. The molecule has 4 heteroatoms. The van der Waals surface area contributed by atoms with Crippen LogP contribution in [0.2, 0.25) is 0 Å². The summed E-state index contributed by atoms with van der Waals surface area (Å²) >= 11 is 0. The monoisotopic (exact) mass is 96.0 g/mol. The number of tetrazole rings is 1. The van der Waals surface area contributed by atoms with E-state index in [-0.39, 0.29) is 0 Å². The average molecular weight is 96.1 g/mol. The maximum Gasteiger partial charge on any atom is 0.155 e. The van der Waals surface area contributed by atoms with Gasteiger partial charge >= 0.3 is 0 Å². The zero-order valence-electron chi connectivity index (χ0n) is 3.87. The van der Waals surface area contributed by atoms with Crippen molar-refractivity contribution in [1.29, 1.82) is 0 Å². The van der Waals surface area contributed by atoms with Gasteiger partial charge in [0, 0.05) is 14.0 Å². The summed E-state index contributed by atoms with van der Waals surface area (Å²) in [6, 6.07) is 0. The summed E-state index contributed by atoms with van der Waals surface area (Å²) in [5.74, 6) is 0.333. The molecule has 7 heavy (non-hydrogen) atoms. The smallest absolute Gasteiger partial charge is 0.155 e. The Morgan fingerprint density at radius 1 is 1.71 bits per heavy atom. The predicted octanol–water partition coefficient (Wildman–Crippen LogP) is -0.731. The van der Waals surface area contributed by atoms with Crippen molar-refractivity contribution in [2.45, 2.75) is 0 Å². The van der Waals surface area contributed by atoms with E-state index in [4.69, 9.17) is 6.92 Å². The van der Waals surface area contributed by atoms with E-state index in [1.807, 2.05) is 0 Å². The number of hydrogen-bond acceptors (Lipinski definition) is 3. The Balaban J connectivity index is 3.12. The summed E-state index contributed by atoms with van der Waals surface area (Å²) in [5, 5.41) is 10.1. The zero-order chi connectivity index (χ0) is 5.28. The van der Waals surface area contributed by atoms with E-state index in [0.29, 0.717) is 5.82 Å². The van der Waals surface area contributed by atoms with Gasteiger partial charge in [-0.05, 0) is 10.4 Å². The summed E-state index contributed by atoms with van der Waals surface area (Å²) in [6.07, 6.45) is 0. The molecule has 1 aromatic heterocycles. The van der Waals surface area contributed by atoms with E-state index in [1.165, 1.54) is 4.68 Å². The molecule has 4 nitrogen and oxygen atoms in total. The third-order valence-electron chi connectivity index (χ3n) is 0.653. The number of aromatic nitrogens is 4. The van der Waals surface area contributed by atoms with Crippen LogP contribution < -0.4 is 0 Å². The molecule has 0 aliphatic carbocycles. The van der Waals surface area contributed by atoms with Crippen molar-refractivity contribution in [3.05, 3.63) is 12.7 Å². The van der Waals surface area contributed by atoms with Crippen LogP contribution in [0.1, 0.15) is 5.82 Å². The highest BCUT2D eigenvalue weighted by Crippen LogP contribution is 1.78. The third kappa shape index (κ3) is 0.581. The first-order valence-corrected chi connectivity index (χ1v) is 1.78. The molecule has 0 aliphatic heterocycles. The molecule has 0 aliphatic rings. The van der Waals surface area contributed by atoms with Crippen LogP contribution in [0.15, 0.2) is 0 Å². The van der Waals surface area contributed by atoms with Gasteiger partial charge in [-0.1, -0.05) is 0 Å². The maximum atomic E-state index is 5.17. The molecule has 0 atom stereocenters. The van der Waals surface area contributed by atoms with E-state index in [9.17, 15) is 0 Å². The first kappa shape index (κ1) is 4.23. The normalized spacial score (nSPS) is 9.43. The molecule has 0 aromatic carbocycles. The Hall–Kier alpha value is -0.930. The van der Waals surface area contributed by atoms with Crippen LogP contribution in [-0.4, -0.2) is 20.2 Å². The molecule has 0 amide bonds. The number of hydrogen-bond donors (Lipinski definition) is 0. The molecule has 36 valence electrons. The summed E-state index contributed by atoms with van der Waals surface area (Å²) < 4.78 is 1.39. The molecule has 1 rings (SSSR count). The van der Waals surface area contributed by atoms with E-state index in [0.717, 1.165) is 0 Å². The molecule has 0 N–H and O–H groups in total. The first-order chi connectivity index (χ1) is 3.30. The molecular weight excluding hydrogens is 92.1 g/mol. The zero-order valence-corrected chi connectivity index (χ0v) is 3.87. The van der Waals surface area contributed by atoms with Crippen molar-refractivity contribution in [2.24, 2.45) is 7.05 Å². The van der Waals surface area contributed by atoms with Gasteiger partial charge in [-0.15, -0.1) is 5.10 Å². The fourth-order valence-corrected chi connectivity index (χ4v) is 0.236. The molecule has 0 spiro atoms. The Bertz CT molecular complexity index is 139. The molecule has 2 radical (unpaired) electrons. The van der Waals surface area contributed by atoms with Crippen LogP contribution in [-0.2, 0) is 7.05 Å². The lowest BCUT2D eigenvalue weighted by molar-refractivity contribution is 0.703. The highest BCUT2D eigenvalue weighted by atomic mass is 15.5. The van der Waals surface area contributed by atoms with Crippen molar-refractivity contribution >= 4 is 0 Å². The quantitative estimate of drug-likeness (QED) is 0.427. The molecule has 1 heterocycles. The minimum Gasteiger partial charge on any atom is -0.232 e. The van der Waals surface area contributed by atoms with Crippen molar-refractivity contribution < 1.29 is 0 Å². The topological polar surface area (TPSA) is 43.6 Å². The lowest BCUT2D eigenvalue weighted by Gasteiger charge is -1.81. The Morgan fingerprint density at radius 2 is 2.43 bits per heavy atom. The molecule has 1 aromatic rings.